The van der Waals surface area contributed by atoms with Gasteiger partial charge in [-0.15, -0.1) is 0 Å². The number of nitrogens with zero attached hydrogens (tertiary/aromatic N) is 1. The Kier molecular flexibility index (Phi) is 7.07. The predicted molar refractivity (Wildman–Crippen MR) is 77.4 cm³/mol. The van der Waals surface area contributed by atoms with Gasteiger partial charge in [0.25, 0.3) is 0 Å². The van der Waals surface area contributed by atoms with E-state index in [0.717, 1.165) is 37.8 Å². The molecule has 0 aliphatic heterocycles. The summed E-state index contributed by atoms with van der Waals surface area (Å²) in [5.41, 5.74) is 0. The molecule has 1 rings (SSSR count). The zero-order valence-electron chi connectivity index (χ0n) is 12.3. The molecule has 0 radical (unpaired) electrons. The lowest BCUT2D eigenvalue weighted by Gasteiger charge is -2.21. The molecule has 2 nitrogen and oxygen atoms in total. The summed E-state index contributed by atoms with van der Waals surface area (Å²) in [6, 6.07) is 0. The van der Waals surface area contributed by atoms with Gasteiger partial charge in [-0.25, -0.2) is 0 Å². The summed E-state index contributed by atoms with van der Waals surface area (Å²) in [6.45, 7) is 8.23. The van der Waals surface area contributed by atoms with Crippen molar-refractivity contribution >= 4 is 5.91 Å². The van der Waals surface area contributed by atoms with E-state index >= 15 is 0 Å². The maximum atomic E-state index is 11.8. The van der Waals surface area contributed by atoms with Crippen LogP contribution >= 0.6 is 0 Å². The highest BCUT2D eigenvalue weighted by atomic mass is 16.2. The van der Waals surface area contributed by atoms with Crippen LogP contribution < -0.4 is 0 Å². The number of carbonyl (C=O) groups excluding carboxylic acids is 1. The molecular weight excluding hydrogens is 222 g/mol. The predicted octanol–water partition coefficient (Wildman–Crippen LogP) is 4.02. The van der Waals surface area contributed by atoms with Crippen molar-refractivity contribution in [3.63, 3.8) is 0 Å². The molecular formula is C16H29NO. The maximum Gasteiger partial charge on any atom is 0.222 e. The van der Waals surface area contributed by atoms with Crippen molar-refractivity contribution in [2.24, 2.45) is 11.8 Å². The highest BCUT2D eigenvalue weighted by Gasteiger charge is 2.37. The van der Waals surface area contributed by atoms with E-state index in [2.05, 4.69) is 30.9 Å². The Morgan fingerprint density at radius 1 is 1.22 bits per heavy atom. The highest BCUT2D eigenvalue weighted by Crippen LogP contribution is 2.42. The van der Waals surface area contributed by atoms with E-state index in [1.54, 1.807) is 0 Å². The van der Waals surface area contributed by atoms with Crippen molar-refractivity contribution in [1.82, 2.24) is 4.90 Å². The van der Waals surface area contributed by atoms with Crippen LogP contribution in [0, 0.1) is 11.8 Å². The first-order chi connectivity index (χ1) is 8.72. The van der Waals surface area contributed by atoms with Crippen LogP contribution in [-0.4, -0.2) is 23.9 Å². The van der Waals surface area contributed by atoms with Crippen LogP contribution in [-0.2, 0) is 4.79 Å². The Morgan fingerprint density at radius 2 is 2.00 bits per heavy atom. The molecule has 0 spiro atoms. The molecule has 0 bridgehead atoms. The van der Waals surface area contributed by atoms with E-state index in [0.29, 0.717) is 12.3 Å². The van der Waals surface area contributed by atoms with E-state index in [-0.39, 0.29) is 0 Å². The lowest BCUT2D eigenvalue weighted by atomic mass is 10.1. The van der Waals surface area contributed by atoms with Gasteiger partial charge in [0.2, 0.25) is 5.91 Å². The van der Waals surface area contributed by atoms with E-state index in [4.69, 9.17) is 0 Å². The molecule has 18 heavy (non-hydrogen) atoms. The number of hydrogen-bond acceptors (Lipinski definition) is 1. The van der Waals surface area contributed by atoms with Crippen molar-refractivity contribution in [2.75, 3.05) is 13.1 Å². The zero-order valence-corrected chi connectivity index (χ0v) is 12.3. The van der Waals surface area contributed by atoms with Gasteiger partial charge in [-0.3, -0.25) is 4.79 Å². The van der Waals surface area contributed by atoms with Crippen LogP contribution in [0.15, 0.2) is 12.2 Å². The fourth-order valence-electron chi connectivity index (χ4n) is 2.58. The van der Waals surface area contributed by atoms with Gasteiger partial charge in [0, 0.05) is 19.5 Å². The molecule has 0 aromatic rings. The Hall–Kier alpha value is -0.790. The van der Waals surface area contributed by atoms with E-state index < -0.39 is 0 Å². The number of amides is 1. The Balaban J connectivity index is 2.22. The zero-order chi connectivity index (χ0) is 13.4. The largest absolute Gasteiger partial charge is 0.342 e. The quantitative estimate of drug-likeness (QED) is 0.567. The number of hydrogen-bond donors (Lipinski definition) is 0. The molecule has 0 aromatic heterocycles. The van der Waals surface area contributed by atoms with Crippen molar-refractivity contribution < 1.29 is 4.79 Å². The molecule has 1 aliphatic carbocycles. The average molecular weight is 251 g/mol. The molecule has 0 heterocycles. The van der Waals surface area contributed by atoms with Gasteiger partial charge in [0.1, 0.15) is 0 Å². The topological polar surface area (TPSA) is 20.3 Å². The SMILES string of the molecule is CC/C=C\CC[C@H]1C[C@H]1CN(CCC)C(=O)CC. The minimum atomic E-state index is 0.327. The molecule has 104 valence electrons. The molecule has 2 heteroatoms. The van der Waals surface area contributed by atoms with Gasteiger partial charge >= 0.3 is 0 Å². The molecule has 1 aliphatic rings. The molecule has 0 aromatic carbocycles. The number of carbonyl (C=O) groups is 1. The maximum absolute atomic E-state index is 11.8. The van der Waals surface area contributed by atoms with Gasteiger partial charge in [0.15, 0.2) is 0 Å². The number of allylic oxidation sites excluding steroid dienone is 2. The summed E-state index contributed by atoms with van der Waals surface area (Å²) >= 11 is 0. The Bertz CT molecular complexity index is 272. The third-order valence-electron chi connectivity index (χ3n) is 3.78. The summed E-state index contributed by atoms with van der Waals surface area (Å²) in [7, 11) is 0. The molecule has 1 fully saturated rings. The first-order valence-corrected chi connectivity index (χ1v) is 7.65. The minimum absolute atomic E-state index is 0.327. The van der Waals surface area contributed by atoms with Crippen LogP contribution in [0.25, 0.3) is 0 Å². The molecule has 0 N–H and O–H groups in total. The van der Waals surface area contributed by atoms with Crippen LogP contribution in [0.5, 0.6) is 0 Å². The van der Waals surface area contributed by atoms with E-state index in [9.17, 15) is 4.79 Å². The third-order valence-corrected chi connectivity index (χ3v) is 3.78. The van der Waals surface area contributed by atoms with Crippen LogP contribution in [0.1, 0.15) is 59.3 Å². The van der Waals surface area contributed by atoms with Gasteiger partial charge in [-0.05, 0) is 43.9 Å². The second kappa shape index (κ2) is 8.34. The minimum Gasteiger partial charge on any atom is -0.342 e. The van der Waals surface area contributed by atoms with Crippen molar-refractivity contribution in [1.29, 1.82) is 0 Å². The lowest BCUT2D eigenvalue weighted by Crippen LogP contribution is -2.33. The van der Waals surface area contributed by atoms with Crippen LogP contribution in [0.3, 0.4) is 0 Å². The standard InChI is InChI=1S/C16H29NO/c1-4-7-8-9-10-14-12-15(14)13-17(11-5-2)16(18)6-3/h7-8,14-15H,4-6,9-13H2,1-3H3/b8-7-/t14-,15-/m0/s1. The Morgan fingerprint density at radius 3 is 2.61 bits per heavy atom. The van der Waals surface area contributed by atoms with Crippen molar-refractivity contribution in [3.8, 4) is 0 Å². The fourth-order valence-corrected chi connectivity index (χ4v) is 2.58. The van der Waals surface area contributed by atoms with Crippen LogP contribution in [0.4, 0.5) is 0 Å². The molecule has 1 amide bonds. The Labute approximate surface area is 112 Å². The fraction of sp³-hybridized carbons (Fsp3) is 0.812. The summed E-state index contributed by atoms with van der Waals surface area (Å²) in [6.07, 6.45) is 11.3. The molecule has 0 saturated heterocycles. The van der Waals surface area contributed by atoms with E-state index in [1.807, 2.05) is 6.92 Å². The third kappa shape index (κ3) is 5.24. The second-order valence-electron chi connectivity index (χ2n) is 5.41. The lowest BCUT2D eigenvalue weighted by molar-refractivity contribution is -0.131. The molecule has 2 atom stereocenters. The van der Waals surface area contributed by atoms with E-state index in [1.165, 1.54) is 19.3 Å². The van der Waals surface area contributed by atoms with Gasteiger partial charge < -0.3 is 4.90 Å². The first kappa shape index (κ1) is 15.3. The van der Waals surface area contributed by atoms with Crippen LogP contribution in [0.2, 0.25) is 0 Å². The van der Waals surface area contributed by atoms with Gasteiger partial charge in [0.05, 0.1) is 0 Å². The number of rotatable bonds is 9. The highest BCUT2D eigenvalue weighted by molar-refractivity contribution is 5.75. The van der Waals surface area contributed by atoms with Crippen molar-refractivity contribution in [3.05, 3.63) is 12.2 Å². The average Bonchev–Trinajstić information content (AvgIpc) is 3.11. The summed E-state index contributed by atoms with van der Waals surface area (Å²) < 4.78 is 0. The summed E-state index contributed by atoms with van der Waals surface area (Å²) in [4.78, 5) is 13.9. The summed E-state index contributed by atoms with van der Waals surface area (Å²) in [5.74, 6) is 1.98. The van der Waals surface area contributed by atoms with Gasteiger partial charge in [-0.2, -0.15) is 0 Å². The molecule has 0 unspecified atom stereocenters. The molecule has 1 saturated carbocycles. The van der Waals surface area contributed by atoms with Gasteiger partial charge in [-0.1, -0.05) is 32.9 Å². The second-order valence-corrected chi connectivity index (χ2v) is 5.41. The monoisotopic (exact) mass is 251 g/mol. The summed E-state index contributed by atoms with van der Waals surface area (Å²) in [5, 5.41) is 0. The smallest absolute Gasteiger partial charge is 0.222 e. The normalized spacial score (nSPS) is 22.4. The van der Waals surface area contributed by atoms with Crippen molar-refractivity contribution in [2.45, 2.75) is 59.3 Å². The first-order valence-electron chi connectivity index (χ1n) is 7.65.